The number of esters is 2. The monoisotopic (exact) mass is 747 g/mol. The number of carboxylic acids is 1. The Morgan fingerprint density at radius 1 is 0.585 bits per heavy atom. The third-order valence-electron chi connectivity index (χ3n) is 9.24. The fraction of sp³-hybridized carbons (Fsp3) is 0.756. The maximum Gasteiger partial charge on any atom is 0.362 e. The van der Waals surface area contributed by atoms with Crippen molar-refractivity contribution in [3.05, 3.63) is 48.6 Å². The van der Waals surface area contributed by atoms with Crippen LogP contribution >= 0.6 is 0 Å². The standard InChI is InChI=1S/C45H79NO7/c1-6-8-10-12-14-16-18-20-21-22-24-26-28-30-32-34-36-44(48)53-41(39-51-38-37-42(45(49)50)46(3,4)5)40-52-43(47)35-33-31-29-27-25-23-19-17-15-13-11-9-7-2/h21-26,29,31,41-42H,6-20,27-28,30,32-40H2,1-5H3/p+1/b22-21+,25-23+,26-24+,31-29+. The van der Waals surface area contributed by atoms with E-state index in [4.69, 9.17) is 14.2 Å². The molecule has 8 nitrogen and oxygen atoms in total. The van der Waals surface area contributed by atoms with Crippen molar-refractivity contribution in [3.8, 4) is 0 Å². The molecule has 8 heteroatoms. The van der Waals surface area contributed by atoms with Gasteiger partial charge in [0.2, 0.25) is 0 Å². The number of carboxylic acid groups (broad SMARTS) is 1. The molecule has 0 aliphatic heterocycles. The highest BCUT2D eigenvalue weighted by Crippen LogP contribution is 2.12. The van der Waals surface area contributed by atoms with Crippen LogP contribution in [0.25, 0.3) is 0 Å². The Balaban J connectivity index is 4.50. The van der Waals surface area contributed by atoms with Gasteiger partial charge < -0.3 is 23.8 Å². The molecule has 0 saturated heterocycles. The predicted octanol–water partition coefficient (Wildman–Crippen LogP) is 11.2. The van der Waals surface area contributed by atoms with Gasteiger partial charge in [-0.1, -0.05) is 140 Å². The second-order valence-corrected chi connectivity index (χ2v) is 15.3. The lowest BCUT2D eigenvalue weighted by molar-refractivity contribution is -0.887. The van der Waals surface area contributed by atoms with Gasteiger partial charge in [0.15, 0.2) is 12.1 Å². The molecule has 0 radical (unpaired) electrons. The minimum atomic E-state index is -0.887. The third kappa shape index (κ3) is 34.8. The van der Waals surface area contributed by atoms with E-state index in [1.54, 1.807) is 0 Å². The van der Waals surface area contributed by atoms with Crippen LogP contribution in [0.3, 0.4) is 0 Å². The van der Waals surface area contributed by atoms with Gasteiger partial charge in [-0.2, -0.15) is 0 Å². The van der Waals surface area contributed by atoms with E-state index in [1.165, 1.54) is 83.5 Å². The molecule has 2 atom stereocenters. The van der Waals surface area contributed by atoms with Crippen LogP contribution < -0.4 is 0 Å². The van der Waals surface area contributed by atoms with Crippen LogP contribution in [0.15, 0.2) is 48.6 Å². The van der Waals surface area contributed by atoms with Crippen molar-refractivity contribution < 1.29 is 38.2 Å². The van der Waals surface area contributed by atoms with Crippen LogP contribution in [-0.2, 0) is 28.6 Å². The van der Waals surface area contributed by atoms with Gasteiger partial charge in [0.25, 0.3) is 0 Å². The number of allylic oxidation sites excluding steroid dienone is 8. The Bertz CT molecular complexity index is 1010. The van der Waals surface area contributed by atoms with Crippen LogP contribution in [0.2, 0.25) is 0 Å². The molecule has 0 aliphatic rings. The first-order chi connectivity index (χ1) is 25.6. The van der Waals surface area contributed by atoms with Crippen molar-refractivity contribution in [2.75, 3.05) is 41.0 Å². The van der Waals surface area contributed by atoms with Gasteiger partial charge in [-0.3, -0.25) is 9.59 Å². The number of aliphatic carboxylic acids is 1. The lowest BCUT2D eigenvalue weighted by Crippen LogP contribution is -2.50. The average Bonchev–Trinajstić information content (AvgIpc) is 3.11. The average molecular weight is 747 g/mol. The summed E-state index contributed by atoms with van der Waals surface area (Å²) in [6, 6.07) is -0.626. The molecule has 0 fully saturated rings. The van der Waals surface area contributed by atoms with Gasteiger partial charge in [0.05, 0.1) is 34.4 Å². The van der Waals surface area contributed by atoms with Crippen molar-refractivity contribution in [2.24, 2.45) is 0 Å². The minimum Gasteiger partial charge on any atom is -0.477 e. The molecule has 0 bridgehead atoms. The first-order valence-electron chi connectivity index (χ1n) is 21.2. The number of quaternary nitrogens is 1. The molecule has 0 rings (SSSR count). The summed E-state index contributed by atoms with van der Waals surface area (Å²) in [6.45, 7) is 4.62. The first kappa shape index (κ1) is 50.3. The summed E-state index contributed by atoms with van der Waals surface area (Å²) in [5.74, 6) is -1.59. The highest BCUT2D eigenvalue weighted by Gasteiger charge is 2.31. The van der Waals surface area contributed by atoms with Crippen LogP contribution in [0.5, 0.6) is 0 Å². The van der Waals surface area contributed by atoms with E-state index in [-0.39, 0.29) is 49.1 Å². The SMILES string of the molecule is CCCCCCCC/C=C/C/C=C/CCC(=O)OCC(COCCC(C(=O)O)[N+](C)(C)C)OC(=O)CCCCC/C=C/C=C/CCCCCCCCC. The van der Waals surface area contributed by atoms with Crippen LogP contribution in [0.4, 0.5) is 0 Å². The zero-order chi connectivity index (χ0) is 39.3. The van der Waals surface area contributed by atoms with Crippen molar-refractivity contribution in [3.63, 3.8) is 0 Å². The Morgan fingerprint density at radius 3 is 1.64 bits per heavy atom. The Morgan fingerprint density at radius 2 is 1.09 bits per heavy atom. The molecular weight excluding hydrogens is 666 g/mol. The van der Waals surface area contributed by atoms with Gasteiger partial charge in [-0.05, 0) is 57.8 Å². The zero-order valence-corrected chi connectivity index (χ0v) is 34.7. The molecule has 0 aromatic heterocycles. The highest BCUT2D eigenvalue weighted by molar-refractivity contribution is 5.72. The van der Waals surface area contributed by atoms with Gasteiger partial charge in [-0.15, -0.1) is 0 Å². The summed E-state index contributed by atoms with van der Waals surface area (Å²) >= 11 is 0. The fourth-order valence-corrected chi connectivity index (χ4v) is 5.90. The molecule has 0 spiro atoms. The number of hydrogen-bond donors (Lipinski definition) is 1. The second-order valence-electron chi connectivity index (χ2n) is 15.3. The molecule has 0 aliphatic carbocycles. The van der Waals surface area contributed by atoms with Gasteiger partial charge >= 0.3 is 17.9 Å². The normalized spacial score (nSPS) is 13.5. The zero-order valence-electron chi connectivity index (χ0n) is 34.7. The van der Waals surface area contributed by atoms with E-state index in [1.807, 2.05) is 27.2 Å². The fourth-order valence-electron chi connectivity index (χ4n) is 5.90. The van der Waals surface area contributed by atoms with Gasteiger partial charge in [0, 0.05) is 19.3 Å². The van der Waals surface area contributed by atoms with E-state index in [0.29, 0.717) is 12.8 Å². The highest BCUT2D eigenvalue weighted by atomic mass is 16.6. The number of carbonyl (C=O) groups is 3. The van der Waals surface area contributed by atoms with Crippen LogP contribution in [0.1, 0.15) is 168 Å². The summed E-state index contributed by atoms with van der Waals surface area (Å²) in [5.41, 5.74) is 0. The lowest BCUT2D eigenvalue weighted by atomic mass is 10.1. The number of unbranched alkanes of at least 4 members (excludes halogenated alkanes) is 16. The number of rotatable bonds is 37. The van der Waals surface area contributed by atoms with Crippen LogP contribution in [-0.4, -0.2) is 80.6 Å². The van der Waals surface area contributed by atoms with E-state index in [9.17, 15) is 19.5 Å². The largest absolute Gasteiger partial charge is 0.477 e. The molecule has 53 heavy (non-hydrogen) atoms. The van der Waals surface area contributed by atoms with Crippen molar-refractivity contribution in [1.82, 2.24) is 0 Å². The van der Waals surface area contributed by atoms with E-state index in [2.05, 4.69) is 56.4 Å². The molecular formula is C45H80NO7+. The molecule has 0 aromatic rings. The van der Waals surface area contributed by atoms with Crippen molar-refractivity contribution in [1.29, 1.82) is 0 Å². The molecule has 0 aromatic carbocycles. The van der Waals surface area contributed by atoms with E-state index < -0.39 is 18.1 Å². The molecule has 0 saturated carbocycles. The maximum absolute atomic E-state index is 12.7. The molecule has 0 heterocycles. The summed E-state index contributed by atoms with van der Waals surface area (Å²) in [6.07, 6.45) is 41.7. The molecule has 0 amide bonds. The van der Waals surface area contributed by atoms with E-state index in [0.717, 1.165) is 44.9 Å². The summed E-state index contributed by atoms with van der Waals surface area (Å²) in [7, 11) is 5.49. The smallest absolute Gasteiger partial charge is 0.362 e. The van der Waals surface area contributed by atoms with Gasteiger partial charge in [0.1, 0.15) is 6.61 Å². The number of ether oxygens (including phenoxy) is 3. The Hall–Kier alpha value is -2.71. The maximum atomic E-state index is 12.7. The first-order valence-corrected chi connectivity index (χ1v) is 21.2. The van der Waals surface area contributed by atoms with Crippen LogP contribution in [0, 0.1) is 0 Å². The second kappa shape index (κ2) is 36.3. The van der Waals surface area contributed by atoms with E-state index >= 15 is 0 Å². The topological polar surface area (TPSA) is 99.1 Å². The minimum absolute atomic E-state index is 0.0325. The quantitative estimate of drug-likeness (QED) is 0.0222. The van der Waals surface area contributed by atoms with Gasteiger partial charge in [-0.25, -0.2) is 4.79 Å². The molecule has 306 valence electrons. The third-order valence-corrected chi connectivity index (χ3v) is 9.24. The number of carbonyl (C=O) groups excluding carboxylic acids is 2. The molecule has 1 N–H and O–H groups in total. The number of likely N-dealkylation sites (N-methyl/N-ethyl adjacent to an activating group) is 1. The van der Waals surface area contributed by atoms with Crippen molar-refractivity contribution >= 4 is 17.9 Å². The Kier molecular flexibility index (Phi) is 34.4. The lowest BCUT2D eigenvalue weighted by Gasteiger charge is -2.31. The number of hydrogen-bond acceptors (Lipinski definition) is 6. The molecule has 2 unspecified atom stereocenters. The van der Waals surface area contributed by atoms with Crippen molar-refractivity contribution in [2.45, 2.75) is 180 Å². The summed E-state index contributed by atoms with van der Waals surface area (Å²) in [4.78, 5) is 36.8. The number of nitrogens with zero attached hydrogens (tertiary/aromatic N) is 1. The Labute approximate surface area is 325 Å². The predicted molar refractivity (Wildman–Crippen MR) is 220 cm³/mol. The summed E-state index contributed by atoms with van der Waals surface area (Å²) in [5, 5.41) is 9.60. The summed E-state index contributed by atoms with van der Waals surface area (Å²) < 4.78 is 17.1.